The number of aryl methyl sites for hydroxylation is 1. The summed E-state index contributed by atoms with van der Waals surface area (Å²) in [5, 5.41) is 5.37. The van der Waals surface area contributed by atoms with Crippen molar-refractivity contribution in [1.29, 1.82) is 0 Å². The van der Waals surface area contributed by atoms with Gasteiger partial charge in [0.05, 0.1) is 22.6 Å². The van der Waals surface area contributed by atoms with Crippen molar-refractivity contribution in [1.82, 2.24) is 14.8 Å². The first-order chi connectivity index (χ1) is 12.6. The van der Waals surface area contributed by atoms with Crippen molar-refractivity contribution < 1.29 is 0 Å². The van der Waals surface area contributed by atoms with Crippen molar-refractivity contribution in [2.45, 2.75) is 6.92 Å². The van der Waals surface area contributed by atoms with Crippen LogP contribution in [-0.2, 0) is 0 Å². The number of pyridine rings is 1. The Kier molecular flexibility index (Phi) is 4.19. The number of nitrogens with zero attached hydrogens (tertiary/aromatic N) is 2. The lowest BCUT2D eigenvalue weighted by Crippen LogP contribution is -2.10. The molecule has 0 fully saturated rings. The summed E-state index contributed by atoms with van der Waals surface area (Å²) in [6, 6.07) is 23.0. The number of benzene rings is 2. The van der Waals surface area contributed by atoms with E-state index in [-0.39, 0.29) is 5.56 Å². The molecule has 0 aliphatic carbocycles. The molecule has 0 bridgehead atoms. The van der Waals surface area contributed by atoms with Crippen molar-refractivity contribution in [2.24, 2.45) is 0 Å². The summed E-state index contributed by atoms with van der Waals surface area (Å²) in [5.41, 5.74) is 4.64. The highest BCUT2D eigenvalue weighted by Gasteiger charge is 2.15. The number of H-pyrrole nitrogens is 1. The molecule has 0 aliphatic heterocycles. The highest BCUT2D eigenvalue weighted by Crippen LogP contribution is 2.28. The summed E-state index contributed by atoms with van der Waals surface area (Å²) in [6.45, 7) is 1.85. The quantitative estimate of drug-likeness (QED) is 0.566. The largest absolute Gasteiger partial charge is 0.326 e. The van der Waals surface area contributed by atoms with Crippen LogP contribution in [-0.4, -0.2) is 14.8 Å². The van der Waals surface area contributed by atoms with Crippen LogP contribution in [0.4, 0.5) is 0 Å². The van der Waals surface area contributed by atoms with E-state index in [9.17, 15) is 4.79 Å². The van der Waals surface area contributed by atoms with Gasteiger partial charge in [0.1, 0.15) is 0 Å². The zero-order chi connectivity index (χ0) is 18.1. The van der Waals surface area contributed by atoms with Crippen molar-refractivity contribution in [3.05, 3.63) is 93.9 Å². The second-order valence-corrected chi connectivity index (χ2v) is 6.49. The number of hydrogen-bond donors (Lipinski definition) is 1. The Bertz CT molecular complexity index is 1110. The van der Waals surface area contributed by atoms with Gasteiger partial charge in [0, 0.05) is 16.3 Å². The van der Waals surface area contributed by atoms with Gasteiger partial charge < -0.3 is 4.98 Å². The molecule has 0 aliphatic rings. The molecule has 0 spiro atoms. The molecule has 4 rings (SSSR count). The van der Waals surface area contributed by atoms with E-state index in [2.05, 4.69) is 4.98 Å². The molecule has 2 aromatic carbocycles. The summed E-state index contributed by atoms with van der Waals surface area (Å²) in [6.07, 6.45) is 0. The molecule has 26 heavy (non-hydrogen) atoms. The molecule has 4 nitrogen and oxygen atoms in total. The fourth-order valence-electron chi connectivity index (χ4n) is 2.88. The third-order valence-electron chi connectivity index (χ3n) is 4.18. The molecular weight excluding hydrogens is 346 g/mol. The molecule has 128 valence electrons. The van der Waals surface area contributed by atoms with Crippen LogP contribution in [0.3, 0.4) is 0 Å². The van der Waals surface area contributed by atoms with Gasteiger partial charge in [-0.05, 0) is 49.4 Å². The molecule has 4 aromatic rings. The van der Waals surface area contributed by atoms with Gasteiger partial charge in [-0.25, -0.2) is 4.68 Å². The zero-order valence-electron chi connectivity index (χ0n) is 14.1. The van der Waals surface area contributed by atoms with Crippen molar-refractivity contribution in [3.8, 4) is 28.2 Å². The number of aromatic amines is 1. The van der Waals surface area contributed by atoms with Gasteiger partial charge in [-0.2, -0.15) is 5.10 Å². The van der Waals surface area contributed by atoms with E-state index in [1.165, 1.54) is 0 Å². The maximum Gasteiger partial charge on any atom is 0.257 e. The first-order valence-corrected chi connectivity index (χ1v) is 8.61. The van der Waals surface area contributed by atoms with E-state index in [1.807, 2.05) is 78.3 Å². The van der Waals surface area contributed by atoms with E-state index >= 15 is 0 Å². The predicted octanol–water partition coefficient (Wildman–Crippen LogP) is 4.86. The van der Waals surface area contributed by atoms with Gasteiger partial charge in [-0.1, -0.05) is 41.9 Å². The minimum Gasteiger partial charge on any atom is -0.326 e. The van der Waals surface area contributed by atoms with Crippen LogP contribution in [0.2, 0.25) is 5.02 Å². The molecule has 0 saturated carbocycles. The molecule has 0 atom stereocenters. The number of aromatic nitrogens is 3. The van der Waals surface area contributed by atoms with Gasteiger partial charge in [-0.15, -0.1) is 0 Å². The maximum absolute atomic E-state index is 12.4. The summed E-state index contributed by atoms with van der Waals surface area (Å²) < 4.78 is 1.83. The Labute approximate surface area is 155 Å². The summed E-state index contributed by atoms with van der Waals surface area (Å²) in [5.74, 6) is 0. The first-order valence-electron chi connectivity index (χ1n) is 8.23. The predicted molar refractivity (Wildman–Crippen MR) is 105 cm³/mol. The van der Waals surface area contributed by atoms with E-state index in [0.717, 1.165) is 22.6 Å². The van der Waals surface area contributed by atoms with Gasteiger partial charge in [0.25, 0.3) is 5.56 Å². The fourth-order valence-corrected chi connectivity index (χ4v) is 3.01. The molecule has 2 aromatic heterocycles. The Morgan fingerprint density at radius 3 is 2.38 bits per heavy atom. The summed E-state index contributed by atoms with van der Waals surface area (Å²) in [7, 11) is 0. The molecule has 1 N–H and O–H groups in total. The van der Waals surface area contributed by atoms with Gasteiger partial charge in [0.2, 0.25) is 0 Å². The molecule has 5 heteroatoms. The smallest absolute Gasteiger partial charge is 0.257 e. The maximum atomic E-state index is 12.4. The van der Waals surface area contributed by atoms with Crippen LogP contribution in [0.25, 0.3) is 28.2 Å². The number of halogens is 1. The minimum atomic E-state index is -0.148. The summed E-state index contributed by atoms with van der Waals surface area (Å²) >= 11 is 6.02. The molecular formula is C21H16ClN3O. The van der Waals surface area contributed by atoms with Crippen LogP contribution in [0, 0.1) is 6.92 Å². The van der Waals surface area contributed by atoms with Gasteiger partial charge in [-0.3, -0.25) is 4.79 Å². The Balaban J connectivity index is 1.93. The SMILES string of the molecule is Cc1ccc(-c2cc(-c3ccccc3)n(-c3ccc(Cl)cc3)n2)c(=O)[nH]1. The average molecular weight is 362 g/mol. The van der Waals surface area contributed by atoms with Crippen LogP contribution in [0.5, 0.6) is 0 Å². The second-order valence-electron chi connectivity index (χ2n) is 6.05. The van der Waals surface area contributed by atoms with E-state index < -0.39 is 0 Å². The van der Waals surface area contributed by atoms with Crippen LogP contribution in [0.1, 0.15) is 5.69 Å². The molecule has 2 heterocycles. The third-order valence-corrected chi connectivity index (χ3v) is 4.43. The fraction of sp³-hybridized carbons (Fsp3) is 0.0476. The standard InChI is InChI=1S/C21H16ClN3O/c1-14-7-12-18(21(26)23-14)19-13-20(15-5-3-2-4-6-15)25(24-19)17-10-8-16(22)9-11-17/h2-13H,1H3,(H,23,26). The number of rotatable bonds is 3. The topological polar surface area (TPSA) is 50.7 Å². The normalized spacial score (nSPS) is 10.8. The van der Waals surface area contributed by atoms with Crippen LogP contribution in [0.15, 0.2) is 77.6 Å². The van der Waals surface area contributed by atoms with E-state index in [1.54, 1.807) is 6.07 Å². The number of hydrogen-bond acceptors (Lipinski definition) is 2. The van der Waals surface area contributed by atoms with E-state index in [0.29, 0.717) is 16.3 Å². The zero-order valence-corrected chi connectivity index (χ0v) is 14.9. The third kappa shape index (κ3) is 3.07. The molecule has 0 saturated heterocycles. The van der Waals surface area contributed by atoms with E-state index in [4.69, 9.17) is 16.7 Å². The van der Waals surface area contributed by atoms with Gasteiger partial charge >= 0.3 is 0 Å². The lowest BCUT2D eigenvalue weighted by molar-refractivity contribution is 0.890. The lowest BCUT2D eigenvalue weighted by atomic mass is 10.1. The van der Waals surface area contributed by atoms with Crippen molar-refractivity contribution >= 4 is 11.6 Å². The lowest BCUT2D eigenvalue weighted by Gasteiger charge is -2.07. The van der Waals surface area contributed by atoms with Gasteiger partial charge in [0.15, 0.2) is 0 Å². The molecule has 0 unspecified atom stereocenters. The second kappa shape index (κ2) is 6.65. The number of nitrogens with one attached hydrogen (secondary N) is 1. The molecule has 0 amide bonds. The molecule has 0 radical (unpaired) electrons. The Hall–Kier alpha value is -3.11. The van der Waals surface area contributed by atoms with Crippen molar-refractivity contribution in [3.63, 3.8) is 0 Å². The minimum absolute atomic E-state index is 0.148. The highest BCUT2D eigenvalue weighted by molar-refractivity contribution is 6.30. The van der Waals surface area contributed by atoms with Crippen LogP contribution < -0.4 is 5.56 Å². The monoisotopic (exact) mass is 361 g/mol. The average Bonchev–Trinajstić information content (AvgIpc) is 3.08. The Morgan fingerprint density at radius 1 is 0.962 bits per heavy atom. The summed E-state index contributed by atoms with van der Waals surface area (Å²) in [4.78, 5) is 15.2. The van der Waals surface area contributed by atoms with Crippen molar-refractivity contribution in [2.75, 3.05) is 0 Å². The first kappa shape index (κ1) is 16.4. The Morgan fingerprint density at radius 2 is 1.69 bits per heavy atom. The van der Waals surface area contributed by atoms with Crippen LogP contribution >= 0.6 is 11.6 Å². The highest BCUT2D eigenvalue weighted by atomic mass is 35.5.